The molecule has 6 heteroatoms. The molecule has 0 aliphatic carbocycles. The largest absolute Gasteiger partial charge is 0.467 e. The first-order chi connectivity index (χ1) is 8.56. The molecule has 0 fully saturated rings. The molecule has 2 rings (SSSR count). The number of hydrogen-bond acceptors (Lipinski definition) is 4. The first-order valence-corrected chi connectivity index (χ1v) is 5.48. The van der Waals surface area contributed by atoms with Crippen molar-refractivity contribution in [2.75, 3.05) is 13.7 Å². The van der Waals surface area contributed by atoms with Gasteiger partial charge in [0.25, 0.3) is 0 Å². The summed E-state index contributed by atoms with van der Waals surface area (Å²) in [6, 6.07) is 5.68. The average Bonchev–Trinajstić information content (AvgIpc) is 2.37. The number of hydrogen-bond donors (Lipinski definition) is 2. The van der Waals surface area contributed by atoms with Crippen molar-refractivity contribution in [2.24, 2.45) is 5.73 Å². The minimum atomic E-state index is -1.18. The molecule has 0 unspecified atom stereocenters. The van der Waals surface area contributed by atoms with Gasteiger partial charge in [-0.05, 0) is 11.1 Å². The molecule has 0 bridgehead atoms. The Morgan fingerprint density at radius 3 is 2.56 bits per heavy atom. The molecule has 96 valence electrons. The molecule has 1 heterocycles. The Bertz CT molecular complexity index is 489. The van der Waals surface area contributed by atoms with E-state index in [2.05, 4.69) is 4.74 Å². The van der Waals surface area contributed by atoms with E-state index < -0.39 is 24.1 Å². The van der Waals surface area contributed by atoms with E-state index in [1.54, 1.807) is 18.2 Å². The maximum atomic E-state index is 11.8. The number of carbonyl (C=O) groups excluding carboxylic acids is 1. The highest BCUT2D eigenvalue weighted by molar-refractivity contribution is 5.83. The second-order valence-electron chi connectivity index (χ2n) is 4.10. The fourth-order valence-electron chi connectivity index (χ4n) is 2.24. The van der Waals surface area contributed by atoms with E-state index in [1.807, 2.05) is 6.07 Å². The summed E-state index contributed by atoms with van der Waals surface area (Å²) in [4.78, 5) is 24.0. The zero-order valence-corrected chi connectivity index (χ0v) is 9.87. The van der Waals surface area contributed by atoms with Crippen LogP contribution >= 0.6 is 0 Å². The lowest BCUT2D eigenvalue weighted by Crippen LogP contribution is -2.46. The highest BCUT2D eigenvalue weighted by Crippen LogP contribution is 2.34. The van der Waals surface area contributed by atoms with Crippen molar-refractivity contribution in [1.29, 1.82) is 0 Å². The van der Waals surface area contributed by atoms with E-state index in [-0.39, 0.29) is 6.54 Å². The first kappa shape index (κ1) is 12.4. The smallest absolute Gasteiger partial charge is 0.408 e. The third kappa shape index (κ3) is 1.91. The molecule has 0 saturated carbocycles. The van der Waals surface area contributed by atoms with Crippen LogP contribution in [0.5, 0.6) is 0 Å². The molecule has 1 aromatic rings. The van der Waals surface area contributed by atoms with Crippen molar-refractivity contribution in [1.82, 2.24) is 4.90 Å². The summed E-state index contributed by atoms with van der Waals surface area (Å²) in [7, 11) is 1.24. The van der Waals surface area contributed by atoms with Gasteiger partial charge in [-0.25, -0.2) is 9.59 Å². The van der Waals surface area contributed by atoms with E-state index in [0.717, 1.165) is 10.5 Å². The van der Waals surface area contributed by atoms with Crippen LogP contribution in [-0.4, -0.2) is 35.7 Å². The first-order valence-electron chi connectivity index (χ1n) is 5.48. The summed E-state index contributed by atoms with van der Waals surface area (Å²) in [5.41, 5.74) is 7.29. The summed E-state index contributed by atoms with van der Waals surface area (Å²) in [5.74, 6) is -0.600. The third-order valence-corrected chi connectivity index (χ3v) is 3.07. The summed E-state index contributed by atoms with van der Waals surface area (Å²) in [6.45, 7) is 0.0755. The van der Waals surface area contributed by atoms with Crippen molar-refractivity contribution in [3.63, 3.8) is 0 Å². The summed E-state index contributed by atoms with van der Waals surface area (Å²) >= 11 is 0. The molecule has 0 saturated heterocycles. The molecule has 3 N–H and O–H groups in total. The lowest BCUT2D eigenvalue weighted by Gasteiger charge is -2.36. The van der Waals surface area contributed by atoms with E-state index in [0.29, 0.717) is 5.56 Å². The molecule has 18 heavy (non-hydrogen) atoms. The Labute approximate surface area is 104 Å². The van der Waals surface area contributed by atoms with Gasteiger partial charge in [0.1, 0.15) is 0 Å². The van der Waals surface area contributed by atoms with Crippen molar-refractivity contribution >= 4 is 12.1 Å². The standard InChI is InChI=1S/C12H14N2O4/c1-18-11(15)10-8-5-3-2-4-7(8)9(13)6-14(10)12(16)17/h2-5,9-10H,6,13H2,1H3,(H,16,17)/t9-,10-/m1/s1. The van der Waals surface area contributed by atoms with E-state index in [9.17, 15) is 9.59 Å². The number of nitrogens with zero attached hydrogens (tertiary/aromatic N) is 1. The van der Waals surface area contributed by atoms with E-state index in [4.69, 9.17) is 10.8 Å². The van der Waals surface area contributed by atoms with E-state index >= 15 is 0 Å². The predicted octanol–water partition coefficient (Wildman–Crippen LogP) is 0.894. The zero-order valence-electron chi connectivity index (χ0n) is 9.87. The van der Waals surface area contributed by atoms with Crippen LogP contribution in [0.2, 0.25) is 0 Å². The van der Waals surface area contributed by atoms with Crippen molar-refractivity contribution in [3.8, 4) is 0 Å². The van der Waals surface area contributed by atoms with Crippen molar-refractivity contribution in [2.45, 2.75) is 12.1 Å². The molecule has 2 atom stereocenters. The van der Waals surface area contributed by atoms with Gasteiger partial charge in [-0.3, -0.25) is 4.90 Å². The maximum absolute atomic E-state index is 11.8. The van der Waals surface area contributed by atoms with Crippen LogP contribution in [0, 0.1) is 0 Å². The molecular formula is C12H14N2O4. The van der Waals surface area contributed by atoms with Crippen molar-refractivity contribution < 1.29 is 19.4 Å². The monoisotopic (exact) mass is 250 g/mol. The van der Waals surface area contributed by atoms with Gasteiger partial charge in [-0.15, -0.1) is 0 Å². The molecule has 0 spiro atoms. The molecular weight excluding hydrogens is 236 g/mol. The number of carboxylic acid groups (broad SMARTS) is 1. The van der Waals surface area contributed by atoms with Gasteiger partial charge in [0, 0.05) is 12.6 Å². The van der Waals surface area contributed by atoms with Gasteiger partial charge in [0.2, 0.25) is 0 Å². The number of rotatable bonds is 1. The summed E-state index contributed by atoms with van der Waals surface area (Å²) < 4.78 is 4.68. The van der Waals surface area contributed by atoms with Crippen LogP contribution in [0.25, 0.3) is 0 Å². The lowest BCUT2D eigenvalue weighted by atomic mass is 9.90. The van der Waals surface area contributed by atoms with Gasteiger partial charge in [0.05, 0.1) is 7.11 Å². The molecule has 0 radical (unpaired) electrons. The normalized spacial score (nSPS) is 22.2. The van der Waals surface area contributed by atoms with Gasteiger partial charge in [0.15, 0.2) is 6.04 Å². The van der Waals surface area contributed by atoms with Gasteiger partial charge >= 0.3 is 12.1 Å². The second kappa shape index (κ2) is 4.66. The van der Waals surface area contributed by atoms with Crippen LogP contribution in [0.3, 0.4) is 0 Å². The van der Waals surface area contributed by atoms with Crippen LogP contribution in [0.4, 0.5) is 4.79 Å². The fraction of sp³-hybridized carbons (Fsp3) is 0.333. The van der Waals surface area contributed by atoms with E-state index in [1.165, 1.54) is 7.11 Å². The number of nitrogens with two attached hydrogens (primary N) is 1. The van der Waals surface area contributed by atoms with Gasteiger partial charge in [-0.1, -0.05) is 24.3 Å². The van der Waals surface area contributed by atoms with Crippen LogP contribution in [-0.2, 0) is 9.53 Å². The molecule has 1 aliphatic rings. The quantitative estimate of drug-likeness (QED) is 0.722. The Hall–Kier alpha value is -2.08. The average molecular weight is 250 g/mol. The molecule has 1 aliphatic heterocycles. The summed E-state index contributed by atoms with van der Waals surface area (Å²) in [5, 5.41) is 9.16. The van der Waals surface area contributed by atoms with Gasteiger partial charge in [-0.2, -0.15) is 0 Å². The Kier molecular flexibility index (Phi) is 3.20. The SMILES string of the molecule is COC(=O)[C@H]1c2ccccc2[C@H](N)CN1C(=O)O. The Morgan fingerprint density at radius 1 is 1.39 bits per heavy atom. The Morgan fingerprint density at radius 2 is 2.00 bits per heavy atom. The molecule has 0 aromatic heterocycles. The number of benzene rings is 1. The highest BCUT2D eigenvalue weighted by atomic mass is 16.5. The van der Waals surface area contributed by atoms with Crippen LogP contribution in [0.15, 0.2) is 24.3 Å². The minimum Gasteiger partial charge on any atom is -0.467 e. The highest BCUT2D eigenvalue weighted by Gasteiger charge is 2.39. The molecule has 1 amide bonds. The number of ether oxygens (including phenoxy) is 1. The lowest BCUT2D eigenvalue weighted by molar-refractivity contribution is -0.147. The van der Waals surface area contributed by atoms with Gasteiger partial charge < -0.3 is 15.6 Å². The zero-order chi connectivity index (χ0) is 13.3. The fourth-order valence-corrected chi connectivity index (χ4v) is 2.24. The number of amides is 1. The maximum Gasteiger partial charge on any atom is 0.408 e. The molecule has 1 aromatic carbocycles. The predicted molar refractivity (Wildman–Crippen MR) is 62.9 cm³/mol. The number of esters is 1. The Balaban J connectivity index is 2.52. The topological polar surface area (TPSA) is 92.9 Å². The number of fused-ring (bicyclic) bond motifs is 1. The number of methoxy groups -OCH3 is 1. The van der Waals surface area contributed by atoms with Crippen molar-refractivity contribution in [3.05, 3.63) is 35.4 Å². The number of carbonyl (C=O) groups is 2. The van der Waals surface area contributed by atoms with Crippen LogP contribution < -0.4 is 5.73 Å². The molecule has 6 nitrogen and oxygen atoms in total. The summed E-state index contributed by atoms with van der Waals surface area (Å²) in [6.07, 6.45) is -1.18. The third-order valence-electron chi connectivity index (χ3n) is 3.07. The minimum absolute atomic E-state index is 0.0755. The van der Waals surface area contributed by atoms with Crippen LogP contribution in [0.1, 0.15) is 23.2 Å². The second-order valence-corrected chi connectivity index (χ2v) is 4.10.